The van der Waals surface area contributed by atoms with Crippen LogP contribution in [0, 0.1) is 5.41 Å². The molecule has 102 valence electrons. The van der Waals surface area contributed by atoms with Crippen LogP contribution in [0.15, 0.2) is 24.3 Å². The predicted octanol–water partition coefficient (Wildman–Crippen LogP) is 4.41. The van der Waals surface area contributed by atoms with Gasteiger partial charge in [-0.05, 0) is 29.8 Å². The van der Waals surface area contributed by atoms with Crippen LogP contribution in [-0.2, 0) is 4.74 Å². The van der Waals surface area contributed by atoms with Gasteiger partial charge in [0.15, 0.2) is 0 Å². The Balaban J connectivity index is 2.74. The van der Waals surface area contributed by atoms with Crippen LogP contribution < -0.4 is 4.74 Å². The Morgan fingerprint density at radius 2 is 1.72 bits per heavy atom. The number of ether oxygens (including phenoxy) is 2. The third kappa shape index (κ3) is 4.26. The molecular formula is C15H25O2P. The van der Waals surface area contributed by atoms with Crippen LogP contribution in [0.1, 0.15) is 45.3 Å². The summed E-state index contributed by atoms with van der Waals surface area (Å²) in [4.78, 5) is 0. The fourth-order valence-electron chi connectivity index (χ4n) is 1.73. The van der Waals surface area contributed by atoms with Gasteiger partial charge >= 0.3 is 0 Å². The third-order valence-corrected chi connectivity index (χ3v) is 3.77. The van der Waals surface area contributed by atoms with Crippen molar-refractivity contribution in [2.45, 2.75) is 46.1 Å². The Bertz CT molecular complexity index is 354. The maximum atomic E-state index is 5.87. The lowest BCUT2D eigenvalue weighted by Gasteiger charge is -2.29. The van der Waals surface area contributed by atoms with Crippen LogP contribution in [-0.4, -0.2) is 13.4 Å². The smallest absolute Gasteiger partial charge is 0.204 e. The normalized spacial score (nSPS) is 15.2. The van der Waals surface area contributed by atoms with Crippen molar-refractivity contribution in [1.29, 1.82) is 0 Å². The van der Waals surface area contributed by atoms with Crippen LogP contribution in [0.2, 0.25) is 0 Å². The first-order valence-electron chi connectivity index (χ1n) is 6.43. The summed E-state index contributed by atoms with van der Waals surface area (Å²) >= 11 is 0. The van der Waals surface area contributed by atoms with E-state index in [9.17, 15) is 0 Å². The molecule has 0 saturated heterocycles. The Labute approximate surface area is 113 Å². The molecule has 2 nitrogen and oxygen atoms in total. The second kappa shape index (κ2) is 6.54. The second-order valence-electron chi connectivity index (χ2n) is 5.64. The molecular weight excluding hydrogens is 243 g/mol. The zero-order valence-corrected chi connectivity index (χ0v) is 13.2. The van der Waals surface area contributed by atoms with E-state index in [1.165, 1.54) is 5.56 Å². The fourth-order valence-corrected chi connectivity index (χ4v) is 1.95. The average molecular weight is 268 g/mol. The molecule has 3 atom stereocenters. The maximum absolute atomic E-state index is 5.87. The van der Waals surface area contributed by atoms with Crippen molar-refractivity contribution in [1.82, 2.24) is 0 Å². The summed E-state index contributed by atoms with van der Waals surface area (Å²) in [6.45, 7) is 8.49. The summed E-state index contributed by atoms with van der Waals surface area (Å²) in [5.74, 6) is 0.855. The van der Waals surface area contributed by atoms with Crippen molar-refractivity contribution in [3.8, 4) is 5.75 Å². The molecule has 0 amide bonds. The van der Waals surface area contributed by atoms with Crippen LogP contribution in [0.5, 0.6) is 5.75 Å². The minimum atomic E-state index is -0.235. The van der Waals surface area contributed by atoms with Crippen LogP contribution in [0.25, 0.3) is 0 Å². The lowest BCUT2D eigenvalue weighted by molar-refractivity contribution is -0.120. The van der Waals surface area contributed by atoms with Crippen molar-refractivity contribution in [3.63, 3.8) is 0 Å². The number of hydrogen-bond acceptors (Lipinski definition) is 2. The Morgan fingerprint density at radius 3 is 2.11 bits per heavy atom. The third-order valence-electron chi connectivity index (χ3n) is 2.91. The Kier molecular flexibility index (Phi) is 5.62. The number of benzene rings is 1. The van der Waals surface area contributed by atoms with Gasteiger partial charge in [0.25, 0.3) is 0 Å². The molecule has 0 saturated carbocycles. The largest absolute Gasteiger partial charge is 0.464 e. The molecule has 0 N–H and O–H groups in total. The Morgan fingerprint density at radius 1 is 1.17 bits per heavy atom. The van der Waals surface area contributed by atoms with E-state index in [-0.39, 0.29) is 11.7 Å². The van der Waals surface area contributed by atoms with Crippen molar-refractivity contribution in [2.24, 2.45) is 5.41 Å². The number of hydrogen-bond donors (Lipinski definition) is 0. The average Bonchev–Trinajstić information content (AvgIpc) is 2.34. The standard InChI is InChI=1S/C15H25O2P/c1-6-13(18)11-7-9-12(10-8-11)17-14(16-5)15(2,3)4/h7-10,13-14H,6,18H2,1-5H3. The molecule has 3 heteroatoms. The molecule has 0 aliphatic carbocycles. The van der Waals surface area contributed by atoms with Gasteiger partial charge in [-0.25, -0.2) is 0 Å². The van der Waals surface area contributed by atoms with Crippen molar-refractivity contribution in [2.75, 3.05) is 7.11 Å². The van der Waals surface area contributed by atoms with Gasteiger partial charge < -0.3 is 9.47 Å². The fraction of sp³-hybridized carbons (Fsp3) is 0.600. The van der Waals surface area contributed by atoms with E-state index < -0.39 is 0 Å². The number of methoxy groups -OCH3 is 1. The van der Waals surface area contributed by atoms with E-state index in [1.807, 2.05) is 12.1 Å². The van der Waals surface area contributed by atoms with Crippen LogP contribution >= 0.6 is 9.24 Å². The molecule has 0 aromatic heterocycles. The van der Waals surface area contributed by atoms with Gasteiger partial charge in [-0.15, -0.1) is 9.24 Å². The molecule has 3 unspecified atom stereocenters. The highest BCUT2D eigenvalue weighted by Crippen LogP contribution is 2.29. The monoisotopic (exact) mass is 268 g/mol. The van der Waals surface area contributed by atoms with Crippen molar-refractivity contribution >= 4 is 9.24 Å². The maximum Gasteiger partial charge on any atom is 0.204 e. The summed E-state index contributed by atoms with van der Waals surface area (Å²) < 4.78 is 11.3. The summed E-state index contributed by atoms with van der Waals surface area (Å²) in [5.41, 5.74) is 1.79. The first-order chi connectivity index (χ1) is 8.38. The molecule has 0 aliphatic rings. The van der Waals surface area contributed by atoms with Gasteiger partial charge in [0.1, 0.15) is 5.75 Å². The lowest BCUT2D eigenvalue weighted by atomic mass is 9.96. The molecule has 18 heavy (non-hydrogen) atoms. The molecule has 1 rings (SSSR count). The summed E-state index contributed by atoms with van der Waals surface area (Å²) in [6, 6.07) is 8.26. The molecule has 0 spiro atoms. The van der Waals surface area contributed by atoms with Crippen molar-refractivity contribution in [3.05, 3.63) is 29.8 Å². The van der Waals surface area contributed by atoms with E-state index in [0.29, 0.717) is 5.66 Å². The Hall–Kier alpha value is -0.590. The highest BCUT2D eigenvalue weighted by molar-refractivity contribution is 7.17. The summed E-state index contributed by atoms with van der Waals surface area (Å²) in [7, 11) is 4.54. The topological polar surface area (TPSA) is 18.5 Å². The van der Waals surface area contributed by atoms with E-state index >= 15 is 0 Å². The second-order valence-corrected chi connectivity index (χ2v) is 6.44. The van der Waals surface area contributed by atoms with Gasteiger partial charge in [-0.3, -0.25) is 0 Å². The summed E-state index contributed by atoms with van der Waals surface area (Å²) in [5, 5.41) is 0. The zero-order chi connectivity index (χ0) is 13.8. The first-order valence-corrected chi connectivity index (χ1v) is 7.10. The van der Waals surface area contributed by atoms with Gasteiger partial charge in [-0.2, -0.15) is 0 Å². The van der Waals surface area contributed by atoms with E-state index in [1.54, 1.807) is 7.11 Å². The lowest BCUT2D eigenvalue weighted by Crippen LogP contribution is -2.33. The number of rotatable bonds is 5. The minimum absolute atomic E-state index is 0.0417. The van der Waals surface area contributed by atoms with Gasteiger partial charge in [-0.1, -0.05) is 39.8 Å². The highest BCUT2D eigenvalue weighted by atomic mass is 31.0. The molecule has 0 heterocycles. The minimum Gasteiger partial charge on any atom is -0.464 e. The quantitative estimate of drug-likeness (QED) is 0.581. The molecule has 0 radical (unpaired) electrons. The predicted molar refractivity (Wildman–Crippen MR) is 80.1 cm³/mol. The van der Waals surface area contributed by atoms with Crippen LogP contribution in [0.3, 0.4) is 0 Å². The molecule has 0 fully saturated rings. The SMILES string of the molecule is CCC(P)c1ccc(OC(OC)C(C)(C)C)cc1. The van der Waals surface area contributed by atoms with Gasteiger partial charge in [0, 0.05) is 12.5 Å². The highest BCUT2D eigenvalue weighted by Gasteiger charge is 2.26. The van der Waals surface area contributed by atoms with E-state index in [0.717, 1.165) is 12.2 Å². The van der Waals surface area contributed by atoms with Crippen molar-refractivity contribution < 1.29 is 9.47 Å². The molecule has 0 aliphatic heterocycles. The zero-order valence-electron chi connectivity index (χ0n) is 12.1. The van der Waals surface area contributed by atoms with Gasteiger partial charge in [0.2, 0.25) is 6.29 Å². The van der Waals surface area contributed by atoms with E-state index in [4.69, 9.17) is 9.47 Å². The molecule has 1 aromatic rings. The van der Waals surface area contributed by atoms with Crippen LogP contribution in [0.4, 0.5) is 0 Å². The first kappa shape index (κ1) is 15.5. The summed E-state index contributed by atoms with van der Waals surface area (Å²) in [6.07, 6.45) is 0.884. The molecule has 0 bridgehead atoms. The van der Waals surface area contributed by atoms with E-state index in [2.05, 4.69) is 49.1 Å². The van der Waals surface area contributed by atoms with Gasteiger partial charge in [0.05, 0.1) is 0 Å². The molecule has 1 aromatic carbocycles.